The van der Waals surface area contributed by atoms with Gasteiger partial charge in [0.1, 0.15) is 0 Å². The van der Waals surface area contributed by atoms with E-state index < -0.39 is 0 Å². The van der Waals surface area contributed by atoms with E-state index in [9.17, 15) is 0 Å². The minimum atomic E-state index is 0. The number of fused-ring (bicyclic) bond motifs is 1. The summed E-state index contributed by atoms with van der Waals surface area (Å²) < 4.78 is 2.25. The summed E-state index contributed by atoms with van der Waals surface area (Å²) in [6.45, 7) is 0. The summed E-state index contributed by atoms with van der Waals surface area (Å²) in [6, 6.07) is 10.4. The van der Waals surface area contributed by atoms with Gasteiger partial charge in [0.05, 0.1) is 24.0 Å². The van der Waals surface area contributed by atoms with Gasteiger partial charge in [0.25, 0.3) is 0 Å². The van der Waals surface area contributed by atoms with E-state index in [2.05, 4.69) is 27.8 Å². The van der Waals surface area contributed by atoms with E-state index in [1.54, 1.807) is 0 Å². The molecule has 1 aliphatic rings. The summed E-state index contributed by atoms with van der Waals surface area (Å²) in [5.41, 5.74) is 3.30. The van der Waals surface area contributed by atoms with Crippen LogP contribution < -0.4 is 0 Å². The van der Waals surface area contributed by atoms with Crippen molar-refractivity contribution in [1.29, 1.82) is 5.26 Å². The number of aryl methyl sites for hydroxylation is 1. The summed E-state index contributed by atoms with van der Waals surface area (Å²) in [5.74, 6) is 0. The van der Waals surface area contributed by atoms with Crippen molar-refractivity contribution in [2.45, 2.75) is 25.3 Å². The average Bonchev–Trinajstić information content (AvgIpc) is 2.87. The Morgan fingerprint density at radius 2 is 2.00 bits per heavy atom. The molecule has 0 fully saturated rings. The largest absolute Gasteiger partial charge is 0.412 e. The van der Waals surface area contributed by atoms with E-state index in [1.165, 1.54) is 17.7 Å². The van der Waals surface area contributed by atoms with Crippen LogP contribution in [0.5, 0.6) is 0 Å². The standard InChI is InChI=1S/C14H13N3.ClH.H2O/c15-8-11-4-6-12(7-5-11)14-3-1-2-13-9-16-10-17(13)14;;/h4-7,9-10,14H,1-3H2;1H;1H2. The molecule has 0 saturated carbocycles. The minimum Gasteiger partial charge on any atom is -0.412 e. The van der Waals surface area contributed by atoms with Gasteiger partial charge in [-0.3, -0.25) is 0 Å². The third-order valence-corrected chi connectivity index (χ3v) is 3.42. The van der Waals surface area contributed by atoms with Gasteiger partial charge in [0.2, 0.25) is 0 Å². The fourth-order valence-corrected chi connectivity index (χ4v) is 2.53. The molecule has 2 N–H and O–H groups in total. The smallest absolute Gasteiger partial charge is 0.0991 e. The molecule has 1 atom stereocenters. The van der Waals surface area contributed by atoms with Crippen LogP contribution in [-0.4, -0.2) is 15.0 Å². The molecule has 0 aliphatic carbocycles. The fraction of sp³-hybridized carbons (Fsp3) is 0.286. The molecular weight excluding hydrogens is 262 g/mol. The van der Waals surface area contributed by atoms with E-state index >= 15 is 0 Å². The number of hydrogen-bond acceptors (Lipinski definition) is 2. The second-order valence-electron chi connectivity index (χ2n) is 4.43. The molecular formula is C14H16ClN3O. The quantitative estimate of drug-likeness (QED) is 0.802. The molecule has 19 heavy (non-hydrogen) atoms. The number of nitriles is 1. The zero-order valence-corrected chi connectivity index (χ0v) is 11.2. The molecule has 1 aliphatic heterocycles. The van der Waals surface area contributed by atoms with Crippen LogP contribution in [0.2, 0.25) is 0 Å². The number of rotatable bonds is 1. The fourth-order valence-electron chi connectivity index (χ4n) is 2.53. The SMILES string of the molecule is Cl.N#Cc1ccc(C2CCCc3cncn32)cc1.O. The topological polar surface area (TPSA) is 73.1 Å². The summed E-state index contributed by atoms with van der Waals surface area (Å²) in [4.78, 5) is 4.22. The molecule has 1 unspecified atom stereocenters. The number of nitrogens with zero attached hydrogens (tertiary/aromatic N) is 3. The van der Waals surface area contributed by atoms with Crippen LogP contribution in [0.25, 0.3) is 0 Å². The van der Waals surface area contributed by atoms with Crippen molar-refractivity contribution in [1.82, 2.24) is 9.55 Å². The van der Waals surface area contributed by atoms with Gasteiger partial charge in [-0.25, -0.2) is 4.98 Å². The monoisotopic (exact) mass is 277 g/mol. The van der Waals surface area contributed by atoms with Crippen molar-refractivity contribution in [2.75, 3.05) is 0 Å². The van der Waals surface area contributed by atoms with Crippen LogP contribution in [0.15, 0.2) is 36.8 Å². The van der Waals surface area contributed by atoms with Gasteiger partial charge in [-0.05, 0) is 37.0 Å². The Bertz CT molecular complexity index is 571. The highest BCUT2D eigenvalue weighted by Gasteiger charge is 2.20. The normalized spacial score (nSPS) is 16.5. The maximum Gasteiger partial charge on any atom is 0.0991 e. The molecule has 5 heteroatoms. The van der Waals surface area contributed by atoms with E-state index in [4.69, 9.17) is 5.26 Å². The maximum absolute atomic E-state index is 8.80. The highest BCUT2D eigenvalue weighted by atomic mass is 35.5. The Balaban J connectivity index is 0.000000902. The third kappa shape index (κ3) is 2.78. The van der Waals surface area contributed by atoms with Crippen LogP contribution >= 0.6 is 12.4 Å². The maximum atomic E-state index is 8.80. The number of aromatic nitrogens is 2. The van der Waals surface area contributed by atoms with Crippen molar-refractivity contribution in [2.24, 2.45) is 0 Å². The van der Waals surface area contributed by atoms with E-state index in [1.807, 2.05) is 24.7 Å². The van der Waals surface area contributed by atoms with Gasteiger partial charge in [0.15, 0.2) is 0 Å². The predicted molar refractivity (Wildman–Crippen MR) is 75.3 cm³/mol. The van der Waals surface area contributed by atoms with Crippen LogP contribution in [0.1, 0.15) is 35.7 Å². The first-order chi connectivity index (χ1) is 8.38. The van der Waals surface area contributed by atoms with E-state index in [0.29, 0.717) is 6.04 Å². The second kappa shape index (κ2) is 6.37. The first-order valence-electron chi connectivity index (χ1n) is 5.89. The number of benzene rings is 1. The van der Waals surface area contributed by atoms with Crippen molar-refractivity contribution in [3.05, 3.63) is 53.6 Å². The van der Waals surface area contributed by atoms with Gasteiger partial charge in [-0.15, -0.1) is 12.4 Å². The highest BCUT2D eigenvalue weighted by molar-refractivity contribution is 5.85. The lowest BCUT2D eigenvalue weighted by molar-refractivity contribution is 0.458. The summed E-state index contributed by atoms with van der Waals surface area (Å²) in [7, 11) is 0. The summed E-state index contributed by atoms with van der Waals surface area (Å²) >= 11 is 0. The summed E-state index contributed by atoms with van der Waals surface area (Å²) in [5, 5.41) is 8.80. The molecule has 0 bridgehead atoms. The van der Waals surface area contributed by atoms with Gasteiger partial charge in [-0.1, -0.05) is 12.1 Å². The molecule has 4 nitrogen and oxygen atoms in total. The van der Waals surface area contributed by atoms with Gasteiger partial charge in [-0.2, -0.15) is 5.26 Å². The van der Waals surface area contributed by atoms with Crippen molar-refractivity contribution in [3.8, 4) is 6.07 Å². The van der Waals surface area contributed by atoms with Crippen molar-refractivity contribution in [3.63, 3.8) is 0 Å². The molecule has 3 rings (SSSR count). The second-order valence-corrected chi connectivity index (χ2v) is 4.43. The Labute approximate surface area is 118 Å². The highest BCUT2D eigenvalue weighted by Crippen LogP contribution is 2.30. The molecule has 1 aromatic carbocycles. The van der Waals surface area contributed by atoms with Crippen molar-refractivity contribution >= 4 is 12.4 Å². The number of imidazole rings is 1. The van der Waals surface area contributed by atoms with Crippen LogP contribution in [0.3, 0.4) is 0 Å². The number of hydrogen-bond donors (Lipinski definition) is 0. The van der Waals surface area contributed by atoms with Crippen LogP contribution in [0, 0.1) is 11.3 Å². The van der Waals surface area contributed by atoms with Crippen LogP contribution in [0.4, 0.5) is 0 Å². The van der Waals surface area contributed by atoms with Gasteiger partial charge >= 0.3 is 0 Å². The lowest BCUT2D eigenvalue weighted by atomic mass is 9.96. The van der Waals surface area contributed by atoms with Gasteiger partial charge in [0, 0.05) is 11.9 Å². The van der Waals surface area contributed by atoms with E-state index in [-0.39, 0.29) is 17.9 Å². The Hall–Kier alpha value is -1.83. The molecule has 0 saturated heterocycles. The number of halogens is 1. The zero-order chi connectivity index (χ0) is 11.7. The Morgan fingerprint density at radius 1 is 1.26 bits per heavy atom. The van der Waals surface area contributed by atoms with Crippen molar-refractivity contribution < 1.29 is 5.48 Å². The first-order valence-corrected chi connectivity index (χ1v) is 5.89. The minimum absolute atomic E-state index is 0. The van der Waals surface area contributed by atoms with Gasteiger partial charge < -0.3 is 10.0 Å². The Morgan fingerprint density at radius 3 is 2.68 bits per heavy atom. The molecule has 0 spiro atoms. The molecule has 0 amide bonds. The summed E-state index contributed by atoms with van der Waals surface area (Å²) in [6.07, 6.45) is 7.34. The molecule has 2 heterocycles. The zero-order valence-electron chi connectivity index (χ0n) is 10.4. The molecule has 1 aromatic heterocycles. The molecule has 0 radical (unpaired) electrons. The lowest BCUT2D eigenvalue weighted by Crippen LogP contribution is -2.17. The first kappa shape index (κ1) is 15.2. The third-order valence-electron chi connectivity index (χ3n) is 3.42. The van der Waals surface area contributed by atoms with E-state index in [0.717, 1.165) is 18.4 Å². The average molecular weight is 278 g/mol. The molecule has 100 valence electrons. The Kier molecular flexibility index (Phi) is 5.11. The van der Waals surface area contributed by atoms with Crippen LogP contribution in [-0.2, 0) is 6.42 Å². The molecule has 2 aromatic rings. The lowest BCUT2D eigenvalue weighted by Gasteiger charge is -2.25. The predicted octanol–water partition coefficient (Wildman–Crippen LogP) is 2.28.